The lowest BCUT2D eigenvalue weighted by molar-refractivity contribution is -0.138. The Labute approximate surface area is 194 Å². The molecule has 0 unspecified atom stereocenters. The van der Waals surface area contributed by atoms with Crippen molar-refractivity contribution in [2.24, 2.45) is 0 Å². The molecular formula is C27H27N3O3. The first-order valence-corrected chi connectivity index (χ1v) is 11.1. The molecule has 0 saturated carbocycles. The van der Waals surface area contributed by atoms with Gasteiger partial charge >= 0.3 is 0 Å². The topological polar surface area (TPSA) is 62.7 Å². The molecule has 4 rings (SSSR count). The van der Waals surface area contributed by atoms with E-state index in [-0.39, 0.29) is 18.4 Å². The Morgan fingerprint density at radius 2 is 1.61 bits per heavy atom. The van der Waals surface area contributed by atoms with Crippen molar-refractivity contribution in [2.75, 3.05) is 13.2 Å². The predicted molar refractivity (Wildman–Crippen MR) is 127 cm³/mol. The van der Waals surface area contributed by atoms with Crippen LogP contribution in [0.15, 0.2) is 84.8 Å². The molecule has 2 amide bonds. The number of carbonyl (C=O) groups is 2. The van der Waals surface area contributed by atoms with Crippen LogP contribution in [0.2, 0.25) is 0 Å². The molecule has 0 atom stereocenters. The first-order chi connectivity index (χ1) is 16.1. The molecule has 0 radical (unpaired) electrons. The van der Waals surface area contributed by atoms with Gasteiger partial charge < -0.3 is 9.64 Å². The van der Waals surface area contributed by atoms with E-state index in [1.165, 1.54) is 4.90 Å². The van der Waals surface area contributed by atoms with E-state index in [0.717, 1.165) is 16.9 Å². The fourth-order valence-electron chi connectivity index (χ4n) is 3.97. The second-order valence-electron chi connectivity index (χ2n) is 7.74. The van der Waals surface area contributed by atoms with Crippen molar-refractivity contribution in [1.82, 2.24) is 14.8 Å². The summed E-state index contributed by atoms with van der Waals surface area (Å²) in [7, 11) is 0. The van der Waals surface area contributed by atoms with Crippen LogP contribution in [0.25, 0.3) is 5.57 Å². The van der Waals surface area contributed by atoms with Crippen LogP contribution in [0.1, 0.15) is 30.5 Å². The van der Waals surface area contributed by atoms with Crippen LogP contribution in [-0.4, -0.2) is 39.7 Å². The van der Waals surface area contributed by atoms with E-state index in [4.69, 9.17) is 4.74 Å². The molecule has 0 bridgehead atoms. The van der Waals surface area contributed by atoms with Gasteiger partial charge in [-0.2, -0.15) is 0 Å². The molecule has 0 saturated heterocycles. The average molecular weight is 442 g/mol. The quantitative estimate of drug-likeness (QED) is 0.464. The van der Waals surface area contributed by atoms with Gasteiger partial charge in [-0.1, -0.05) is 48.5 Å². The summed E-state index contributed by atoms with van der Waals surface area (Å²) in [6.07, 6.45) is 3.35. The number of aromatic nitrogens is 1. The SMILES string of the molecule is CCOc1ccc(C2=C(N(CC)Cc3ccccc3)C(=O)N(Cc3cccnc3)C2=O)cc1. The minimum atomic E-state index is -0.297. The Morgan fingerprint density at radius 1 is 0.879 bits per heavy atom. The molecule has 0 N–H and O–H groups in total. The van der Waals surface area contributed by atoms with Crippen molar-refractivity contribution in [3.05, 3.63) is 102 Å². The molecule has 1 aliphatic rings. The number of imide groups is 1. The van der Waals surface area contributed by atoms with E-state index in [1.54, 1.807) is 18.5 Å². The maximum Gasteiger partial charge on any atom is 0.278 e. The fourth-order valence-corrected chi connectivity index (χ4v) is 3.97. The molecule has 6 heteroatoms. The first kappa shape index (κ1) is 22.3. The minimum absolute atomic E-state index is 0.179. The number of ether oxygens (including phenoxy) is 1. The number of hydrogen-bond acceptors (Lipinski definition) is 5. The smallest absolute Gasteiger partial charge is 0.278 e. The maximum absolute atomic E-state index is 13.6. The van der Waals surface area contributed by atoms with Crippen molar-refractivity contribution in [1.29, 1.82) is 0 Å². The Kier molecular flexibility index (Phi) is 6.83. The lowest BCUT2D eigenvalue weighted by Crippen LogP contribution is -2.34. The highest BCUT2D eigenvalue weighted by atomic mass is 16.5. The molecule has 1 aliphatic heterocycles. The lowest BCUT2D eigenvalue weighted by Gasteiger charge is -2.25. The van der Waals surface area contributed by atoms with E-state index in [2.05, 4.69) is 4.98 Å². The molecule has 3 aromatic rings. The zero-order chi connectivity index (χ0) is 23.2. The molecule has 33 heavy (non-hydrogen) atoms. The van der Waals surface area contributed by atoms with E-state index in [0.29, 0.717) is 36.5 Å². The van der Waals surface area contributed by atoms with Crippen LogP contribution in [0.3, 0.4) is 0 Å². The Morgan fingerprint density at radius 3 is 2.24 bits per heavy atom. The average Bonchev–Trinajstić information content (AvgIpc) is 3.09. The van der Waals surface area contributed by atoms with Crippen LogP contribution in [0.4, 0.5) is 0 Å². The van der Waals surface area contributed by atoms with E-state index in [1.807, 2.05) is 79.4 Å². The maximum atomic E-state index is 13.6. The molecule has 2 heterocycles. The second kappa shape index (κ2) is 10.1. The third-order valence-corrected chi connectivity index (χ3v) is 5.58. The molecular weight excluding hydrogens is 414 g/mol. The van der Waals surface area contributed by atoms with Gasteiger partial charge in [0.2, 0.25) is 0 Å². The number of nitrogens with zero attached hydrogens (tertiary/aromatic N) is 3. The molecule has 0 aliphatic carbocycles. The third-order valence-electron chi connectivity index (χ3n) is 5.58. The zero-order valence-electron chi connectivity index (χ0n) is 18.9. The second-order valence-corrected chi connectivity index (χ2v) is 7.74. The highest BCUT2D eigenvalue weighted by Crippen LogP contribution is 2.34. The van der Waals surface area contributed by atoms with Crippen LogP contribution in [-0.2, 0) is 22.7 Å². The molecule has 168 valence electrons. The highest BCUT2D eigenvalue weighted by Gasteiger charge is 2.41. The van der Waals surface area contributed by atoms with Crippen molar-refractivity contribution in [3.8, 4) is 5.75 Å². The molecule has 0 spiro atoms. The van der Waals surface area contributed by atoms with Gasteiger partial charge in [0.1, 0.15) is 11.4 Å². The van der Waals surface area contributed by atoms with Gasteiger partial charge in [0.25, 0.3) is 11.8 Å². The monoisotopic (exact) mass is 441 g/mol. The Bertz CT molecular complexity index is 1140. The summed E-state index contributed by atoms with van der Waals surface area (Å²) in [5.74, 6) is 0.143. The normalized spacial score (nSPS) is 13.6. The van der Waals surface area contributed by atoms with Crippen LogP contribution < -0.4 is 4.74 Å². The fraction of sp³-hybridized carbons (Fsp3) is 0.222. The lowest BCUT2D eigenvalue weighted by atomic mass is 10.0. The number of amides is 2. The van der Waals surface area contributed by atoms with Crippen molar-refractivity contribution >= 4 is 17.4 Å². The number of benzene rings is 2. The number of hydrogen-bond donors (Lipinski definition) is 0. The largest absolute Gasteiger partial charge is 0.494 e. The summed E-state index contributed by atoms with van der Waals surface area (Å²) in [5.41, 5.74) is 3.43. The van der Waals surface area contributed by atoms with E-state index >= 15 is 0 Å². The van der Waals surface area contributed by atoms with Gasteiger partial charge in [0.15, 0.2) is 0 Å². The molecule has 0 fully saturated rings. The zero-order valence-corrected chi connectivity index (χ0v) is 18.9. The molecule has 1 aromatic heterocycles. The van der Waals surface area contributed by atoms with Gasteiger partial charge in [-0.3, -0.25) is 19.5 Å². The van der Waals surface area contributed by atoms with Crippen molar-refractivity contribution in [2.45, 2.75) is 26.9 Å². The number of carbonyl (C=O) groups excluding carboxylic acids is 2. The third kappa shape index (κ3) is 4.80. The highest BCUT2D eigenvalue weighted by molar-refractivity contribution is 6.35. The summed E-state index contributed by atoms with van der Waals surface area (Å²) < 4.78 is 5.55. The van der Waals surface area contributed by atoms with E-state index in [9.17, 15) is 9.59 Å². The number of rotatable bonds is 9. The van der Waals surface area contributed by atoms with Gasteiger partial charge in [0, 0.05) is 25.5 Å². The summed E-state index contributed by atoms with van der Waals surface area (Å²) in [6, 6.07) is 21.0. The number of pyridine rings is 1. The molecule has 2 aromatic carbocycles. The molecule has 6 nitrogen and oxygen atoms in total. The summed E-state index contributed by atoms with van der Waals surface area (Å²) in [6.45, 7) is 5.78. The van der Waals surface area contributed by atoms with Crippen LogP contribution in [0.5, 0.6) is 5.75 Å². The first-order valence-electron chi connectivity index (χ1n) is 11.1. The van der Waals surface area contributed by atoms with Crippen LogP contribution in [0, 0.1) is 0 Å². The standard InChI is InChI=1S/C27H27N3O3/c1-3-29(18-20-9-6-5-7-10-20)25-24(22-12-14-23(15-13-22)33-4-2)26(31)30(27(25)32)19-21-11-8-16-28-17-21/h5-17H,3-4,18-19H2,1-2H3. The van der Waals surface area contributed by atoms with Gasteiger partial charge in [0.05, 0.1) is 18.7 Å². The Hall–Kier alpha value is -3.93. The Balaban J connectivity index is 1.74. The van der Waals surface area contributed by atoms with Crippen molar-refractivity contribution < 1.29 is 14.3 Å². The van der Waals surface area contributed by atoms with Gasteiger partial charge in [-0.25, -0.2) is 0 Å². The van der Waals surface area contributed by atoms with Crippen LogP contribution >= 0.6 is 0 Å². The minimum Gasteiger partial charge on any atom is -0.494 e. The predicted octanol–water partition coefficient (Wildman–Crippen LogP) is 4.28. The summed E-state index contributed by atoms with van der Waals surface area (Å²) in [4.78, 5) is 34.6. The summed E-state index contributed by atoms with van der Waals surface area (Å²) >= 11 is 0. The number of likely N-dealkylation sites (N-methyl/N-ethyl adjacent to an activating group) is 1. The van der Waals surface area contributed by atoms with Gasteiger partial charge in [-0.15, -0.1) is 0 Å². The van der Waals surface area contributed by atoms with Gasteiger partial charge in [-0.05, 0) is 48.7 Å². The van der Waals surface area contributed by atoms with Crippen molar-refractivity contribution in [3.63, 3.8) is 0 Å². The van der Waals surface area contributed by atoms with E-state index < -0.39 is 0 Å². The summed E-state index contributed by atoms with van der Waals surface area (Å²) in [5, 5.41) is 0.